The van der Waals surface area contributed by atoms with Gasteiger partial charge in [0.05, 0.1) is 4.92 Å². The smallest absolute Gasteiger partial charge is 0.327 e. The molecular weight excluding hydrogens is 303 g/mol. The molecule has 1 fully saturated rings. The predicted octanol–water partition coefficient (Wildman–Crippen LogP) is 1.38. The first-order valence-electron chi connectivity index (χ1n) is 5.97. The molecule has 1 aliphatic heterocycles. The Hall–Kier alpha value is -2.16. The van der Waals surface area contributed by atoms with Crippen molar-refractivity contribution in [1.82, 2.24) is 4.90 Å². The Morgan fingerprint density at radius 3 is 2.76 bits per heavy atom. The van der Waals surface area contributed by atoms with Gasteiger partial charge in [0, 0.05) is 29.7 Å². The van der Waals surface area contributed by atoms with Crippen molar-refractivity contribution >= 4 is 29.3 Å². The second-order valence-electron chi connectivity index (χ2n) is 4.35. The monoisotopic (exact) mass is 314 g/mol. The lowest BCUT2D eigenvalue weighted by molar-refractivity contribution is -0.387. The molecule has 1 amide bonds. The fourth-order valence-corrected chi connectivity index (χ4v) is 3.04. The van der Waals surface area contributed by atoms with Gasteiger partial charge in [0.25, 0.3) is 5.91 Å². The van der Waals surface area contributed by atoms with E-state index in [2.05, 4.69) is 0 Å². The van der Waals surface area contributed by atoms with Gasteiger partial charge in [0.15, 0.2) is 0 Å². The molecule has 2 rings (SSSR count). The Balaban J connectivity index is 2.28. The van der Waals surface area contributed by atoms with Crippen LogP contribution in [0.15, 0.2) is 18.2 Å². The summed E-state index contributed by atoms with van der Waals surface area (Å²) in [4.78, 5) is 34.2. The van der Waals surface area contributed by atoms with Crippen molar-refractivity contribution < 1.29 is 24.0 Å². The predicted molar refractivity (Wildman–Crippen MR) is 72.8 cm³/mol. The topological polar surface area (TPSA) is 101 Å². The number of aliphatic carboxylic acids is 1. The summed E-state index contributed by atoms with van der Waals surface area (Å²) in [5.74, 6) is -2.04. The molecule has 0 spiro atoms. The van der Waals surface area contributed by atoms with Crippen LogP contribution in [0.4, 0.5) is 10.1 Å². The maximum atomic E-state index is 13.6. The van der Waals surface area contributed by atoms with Gasteiger partial charge in [-0.15, -0.1) is 0 Å². The minimum Gasteiger partial charge on any atom is -0.480 e. The highest BCUT2D eigenvalue weighted by Crippen LogP contribution is 2.22. The number of carbonyl (C=O) groups is 2. The van der Waals surface area contributed by atoms with Crippen LogP contribution in [0.25, 0.3) is 0 Å². The third kappa shape index (κ3) is 3.13. The number of thioether (sulfide) groups is 1. The highest BCUT2D eigenvalue weighted by Gasteiger charge is 2.33. The minimum absolute atomic E-state index is 0.101. The number of carbonyl (C=O) groups excluding carboxylic acids is 1. The molecule has 0 aliphatic carbocycles. The fraction of sp³-hybridized carbons (Fsp3) is 0.333. The number of carboxylic acids is 1. The SMILES string of the molecule is O=C(O)C1CSCCN1C(=O)c1ccc([N+](=O)[O-])c(F)c1. The van der Waals surface area contributed by atoms with Crippen LogP contribution in [0.2, 0.25) is 0 Å². The van der Waals surface area contributed by atoms with E-state index in [-0.39, 0.29) is 17.9 Å². The van der Waals surface area contributed by atoms with Crippen LogP contribution in [0.1, 0.15) is 10.4 Å². The molecule has 1 aliphatic rings. The van der Waals surface area contributed by atoms with Crippen LogP contribution >= 0.6 is 11.8 Å². The lowest BCUT2D eigenvalue weighted by Crippen LogP contribution is -2.50. The average Bonchev–Trinajstić information content (AvgIpc) is 2.45. The molecular formula is C12H11FN2O5S. The Labute approximate surface area is 122 Å². The first-order valence-corrected chi connectivity index (χ1v) is 7.12. The van der Waals surface area contributed by atoms with E-state index in [1.807, 2.05) is 0 Å². The zero-order valence-corrected chi connectivity index (χ0v) is 11.5. The van der Waals surface area contributed by atoms with Gasteiger partial charge in [-0.3, -0.25) is 14.9 Å². The Morgan fingerprint density at radius 1 is 1.48 bits per heavy atom. The molecule has 0 aromatic heterocycles. The van der Waals surface area contributed by atoms with Crippen molar-refractivity contribution in [3.63, 3.8) is 0 Å². The van der Waals surface area contributed by atoms with E-state index in [1.54, 1.807) is 0 Å². The van der Waals surface area contributed by atoms with E-state index in [0.717, 1.165) is 23.1 Å². The van der Waals surface area contributed by atoms with Gasteiger partial charge in [-0.2, -0.15) is 16.2 Å². The number of amides is 1. The van der Waals surface area contributed by atoms with Crippen LogP contribution in [0.3, 0.4) is 0 Å². The summed E-state index contributed by atoms with van der Waals surface area (Å²) < 4.78 is 13.6. The third-order valence-corrected chi connectivity index (χ3v) is 4.09. The second kappa shape index (κ2) is 6.08. The third-order valence-electron chi connectivity index (χ3n) is 3.07. The molecule has 1 saturated heterocycles. The molecule has 0 radical (unpaired) electrons. The van der Waals surface area contributed by atoms with E-state index in [4.69, 9.17) is 5.11 Å². The summed E-state index contributed by atoms with van der Waals surface area (Å²) in [5, 5.41) is 19.6. The number of nitrogens with zero attached hydrogens (tertiary/aromatic N) is 2. The largest absolute Gasteiger partial charge is 0.480 e. The molecule has 1 heterocycles. The van der Waals surface area contributed by atoms with Crippen molar-refractivity contribution in [2.75, 3.05) is 18.1 Å². The van der Waals surface area contributed by atoms with Gasteiger partial charge < -0.3 is 10.0 Å². The fourth-order valence-electron chi connectivity index (χ4n) is 2.01. The summed E-state index contributed by atoms with van der Waals surface area (Å²) in [5.41, 5.74) is -0.827. The van der Waals surface area contributed by atoms with E-state index in [1.165, 1.54) is 11.8 Å². The van der Waals surface area contributed by atoms with Crippen molar-refractivity contribution in [1.29, 1.82) is 0 Å². The van der Waals surface area contributed by atoms with Gasteiger partial charge >= 0.3 is 11.7 Å². The normalized spacial score (nSPS) is 18.3. The van der Waals surface area contributed by atoms with E-state index in [0.29, 0.717) is 5.75 Å². The number of rotatable bonds is 3. The zero-order chi connectivity index (χ0) is 15.6. The number of nitro benzene ring substituents is 1. The first-order chi connectivity index (χ1) is 9.91. The maximum Gasteiger partial charge on any atom is 0.327 e. The molecule has 1 atom stereocenters. The average molecular weight is 314 g/mol. The lowest BCUT2D eigenvalue weighted by atomic mass is 10.1. The van der Waals surface area contributed by atoms with Crippen molar-refractivity contribution in [3.05, 3.63) is 39.7 Å². The number of hydrogen-bond acceptors (Lipinski definition) is 5. The van der Waals surface area contributed by atoms with E-state index in [9.17, 15) is 24.1 Å². The van der Waals surface area contributed by atoms with Crippen molar-refractivity contribution in [3.8, 4) is 0 Å². The Bertz CT molecular complexity index is 609. The molecule has 9 heteroatoms. The molecule has 1 aromatic rings. The summed E-state index contributed by atoms with van der Waals surface area (Å²) >= 11 is 1.42. The maximum absolute atomic E-state index is 13.6. The van der Waals surface area contributed by atoms with Crippen LogP contribution in [0.5, 0.6) is 0 Å². The van der Waals surface area contributed by atoms with Crippen LogP contribution in [-0.4, -0.2) is 50.9 Å². The van der Waals surface area contributed by atoms with Gasteiger partial charge in [0.1, 0.15) is 6.04 Å². The lowest BCUT2D eigenvalue weighted by Gasteiger charge is -2.32. The van der Waals surface area contributed by atoms with Crippen LogP contribution in [-0.2, 0) is 4.79 Å². The summed E-state index contributed by atoms with van der Waals surface area (Å²) in [6, 6.07) is 1.82. The molecule has 21 heavy (non-hydrogen) atoms. The van der Waals surface area contributed by atoms with Crippen molar-refractivity contribution in [2.24, 2.45) is 0 Å². The second-order valence-corrected chi connectivity index (χ2v) is 5.50. The minimum atomic E-state index is -1.13. The van der Waals surface area contributed by atoms with Gasteiger partial charge in [0.2, 0.25) is 5.82 Å². The van der Waals surface area contributed by atoms with E-state index < -0.39 is 34.3 Å². The molecule has 1 unspecified atom stereocenters. The van der Waals surface area contributed by atoms with Crippen LogP contribution in [0, 0.1) is 15.9 Å². The summed E-state index contributed by atoms with van der Waals surface area (Å²) in [7, 11) is 0. The van der Waals surface area contributed by atoms with Gasteiger partial charge in [-0.25, -0.2) is 4.79 Å². The Morgan fingerprint density at radius 2 is 2.19 bits per heavy atom. The molecule has 1 N–H and O–H groups in total. The highest BCUT2D eigenvalue weighted by atomic mass is 32.2. The number of hydrogen-bond donors (Lipinski definition) is 1. The highest BCUT2D eigenvalue weighted by molar-refractivity contribution is 7.99. The zero-order valence-electron chi connectivity index (χ0n) is 10.7. The number of benzene rings is 1. The summed E-state index contributed by atoms with van der Waals surface area (Å²) in [6.07, 6.45) is 0. The summed E-state index contributed by atoms with van der Waals surface area (Å²) in [6.45, 7) is 0.235. The number of carboxylic acid groups (broad SMARTS) is 1. The van der Waals surface area contributed by atoms with Gasteiger partial charge in [-0.1, -0.05) is 0 Å². The Kier molecular flexibility index (Phi) is 4.41. The van der Waals surface area contributed by atoms with Gasteiger partial charge in [-0.05, 0) is 12.1 Å². The molecule has 0 bridgehead atoms. The van der Waals surface area contributed by atoms with Crippen LogP contribution < -0.4 is 0 Å². The molecule has 0 saturated carbocycles. The molecule has 1 aromatic carbocycles. The first kappa shape index (κ1) is 15.2. The molecule has 7 nitrogen and oxygen atoms in total. The number of halogens is 1. The van der Waals surface area contributed by atoms with Crippen molar-refractivity contribution in [2.45, 2.75) is 6.04 Å². The standard InChI is InChI=1S/C12H11FN2O5S/c13-8-5-7(1-2-9(8)15(19)20)11(16)14-3-4-21-6-10(14)12(17)18/h1-2,5,10H,3-4,6H2,(H,17,18). The number of nitro groups is 1. The molecule has 112 valence electrons. The van der Waals surface area contributed by atoms with E-state index >= 15 is 0 Å². The quantitative estimate of drug-likeness (QED) is 0.668.